The Hall–Kier alpha value is -2.28. The first-order valence-corrected chi connectivity index (χ1v) is 9.65. The molecule has 0 unspecified atom stereocenters. The molecule has 0 bridgehead atoms. The minimum absolute atomic E-state index is 0.0196. The fourth-order valence-electron chi connectivity index (χ4n) is 3.71. The number of esters is 1. The summed E-state index contributed by atoms with van der Waals surface area (Å²) in [6.45, 7) is 3.80. The maximum absolute atomic E-state index is 12.8. The van der Waals surface area contributed by atoms with Gasteiger partial charge in [-0.1, -0.05) is 0 Å². The predicted octanol–water partition coefficient (Wildman–Crippen LogP) is 3.69. The average molecular weight is 436 g/mol. The molecular formula is C20H22BrNO5. The van der Waals surface area contributed by atoms with Crippen molar-refractivity contribution in [2.75, 3.05) is 13.7 Å². The van der Waals surface area contributed by atoms with Gasteiger partial charge in [0.15, 0.2) is 17.3 Å². The highest BCUT2D eigenvalue weighted by atomic mass is 79.9. The van der Waals surface area contributed by atoms with Gasteiger partial charge in [0, 0.05) is 29.3 Å². The summed E-state index contributed by atoms with van der Waals surface area (Å²) in [7, 11) is 1.46. The molecule has 0 saturated carbocycles. The maximum atomic E-state index is 12.8. The molecule has 1 heterocycles. The van der Waals surface area contributed by atoms with E-state index in [-0.39, 0.29) is 23.9 Å². The number of rotatable bonds is 4. The van der Waals surface area contributed by atoms with Crippen molar-refractivity contribution in [3.8, 4) is 11.5 Å². The van der Waals surface area contributed by atoms with E-state index < -0.39 is 11.9 Å². The van der Waals surface area contributed by atoms with Crippen molar-refractivity contribution < 1.29 is 24.2 Å². The number of methoxy groups -OCH3 is 1. The molecule has 1 aliphatic carbocycles. The van der Waals surface area contributed by atoms with Gasteiger partial charge in [-0.25, -0.2) is 4.79 Å². The Balaban J connectivity index is 2.23. The van der Waals surface area contributed by atoms with Crippen LogP contribution in [0, 0.1) is 0 Å². The SMILES string of the molecule is CCOC(=O)C1=C(C)NC2=C(C(=O)CCC2)[C@H]1c1cc(Br)c(O)c(OC)c1. The zero-order valence-corrected chi connectivity index (χ0v) is 17.1. The van der Waals surface area contributed by atoms with Crippen molar-refractivity contribution in [1.29, 1.82) is 0 Å². The first-order valence-electron chi connectivity index (χ1n) is 8.86. The number of ketones is 1. The molecule has 6 nitrogen and oxygen atoms in total. The number of phenolic OH excluding ortho intramolecular Hbond substituents is 1. The summed E-state index contributed by atoms with van der Waals surface area (Å²) < 4.78 is 11.0. The highest BCUT2D eigenvalue weighted by molar-refractivity contribution is 9.10. The van der Waals surface area contributed by atoms with E-state index in [4.69, 9.17) is 9.47 Å². The van der Waals surface area contributed by atoms with Crippen LogP contribution in [0.3, 0.4) is 0 Å². The van der Waals surface area contributed by atoms with Gasteiger partial charge in [-0.2, -0.15) is 0 Å². The summed E-state index contributed by atoms with van der Waals surface area (Å²) in [4.78, 5) is 25.5. The van der Waals surface area contributed by atoms with E-state index in [1.165, 1.54) is 7.11 Å². The van der Waals surface area contributed by atoms with E-state index in [2.05, 4.69) is 21.2 Å². The van der Waals surface area contributed by atoms with Crippen LogP contribution < -0.4 is 10.1 Å². The van der Waals surface area contributed by atoms with Crippen LogP contribution in [0.4, 0.5) is 0 Å². The summed E-state index contributed by atoms with van der Waals surface area (Å²) in [6.07, 6.45) is 1.98. The number of carbonyl (C=O) groups excluding carboxylic acids is 2. The molecule has 2 aliphatic rings. The highest BCUT2D eigenvalue weighted by Gasteiger charge is 2.39. The average Bonchev–Trinajstić information content (AvgIpc) is 2.63. The second kappa shape index (κ2) is 7.76. The van der Waals surface area contributed by atoms with Gasteiger partial charge < -0.3 is 19.9 Å². The molecule has 7 heteroatoms. The Morgan fingerprint density at radius 1 is 1.37 bits per heavy atom. The molecule has 0 fully saturated rings. The molecule has 0 spiro atoms. The summed E-state index contributed by atoms with van der Waals surface area (Å²) in [5.74, 6) is -0.771. The largest absolute Gasteiger partial charge is 0.503 e. The zero-order chi connectivity index (χ0) is 19.7. The van der Waals surface area contributed by atoms with Crippen molar-refractivity contribution >= 4 is 27.7 Å². The van der Waals surface area contributed by atoms with Crippen LogP contribution >= 0.6 is 15.9 Å². The molecule has 0 radical (unpaired) electrons. The fourth-order valence-corrected chi connectivity index (χ4v) is 4.17. The molecule has 0 saturated heterocycles. The van der Waals surface area contributed by atoms with Gasteiger partial charge in [0.2, 0.25) is 0 Å². The standard InChI is InChI=1S/C20H22BrNO5/c1-4-27-20(25)16-10(2)22-13-6-5-7-14(23)18(13)17(16)11-8-12(21)19(24)15(9-11)26-3/h8-9,17,22,24H,4-7H2,1-3H3/t17-/m0/s1. The van der Waals surface area contributed by atoms with Gasteiger partial charge in [0.25, 0.3) is 0 Å². The van der Waals surface area contributed by atoms with E-state index in [1.807, 2.05) is 6.92 Å². The van der Waals surface area contributed by atoms with E-state index in [0.717, 1.165) is 18.5 Å². The number of benzene rings is 1. The monoisotopic (exact) mass is 435 g/mol. The molecule has 2 N–H and O–H groups in total. The number of nitrogens with one attached hydrogen (secondary N) is 1. The Morgan fingerprint density at radius 3 is 2.78 bits per heavy atom. The summed E-state index contributed by atoms with van der Waals surface area (Å²) >= 11 is 3.33. The molecule has 1 aromatic carbocycles. The van der Waals surface area contributed by atoms with Crippen LogP contribution in [0.25, 0.3) is 0 Å². The van der Waals surface area contributed by atoms with Crippen LogP contribution in [-0.4, -0.2) is 30.6 Å². The Morgan fingerprint density at radius 2 is 2.11 bits per heavy atom. The lowest BCUT2D eigenvalue weighted by Gasteiger charge is -2.34. The van der Waals surface area contributed by atoms with Crippen molar-refractivity contribution in [3.05, 3.63) is 44.7 Å². The van der Waals surface area contributed by atoms with Crippen LogP contribution in [0.1, 0.15) is 44.6 Å². The lowest BCUT2D eigenvalue weighted by molar-refractivity contribution is -0.138. The number of aromatic hydroxyl groups is 1. The number of ether oxygens (including phenoxy) is 2. The lowest BCUT2D eigenvalue weighted by atomic mass is 9.75. The predicted molar refractivity (Wildman–Crippen MR) is 103 cm³/mol. The number of carbonyl (C=O) groups is 2. The van der Waals surface area contributed by atoms with Crippen molar-refractivity contribution in [2.45, 2.75) is 39.0 Å². The Labute approximate surface area is 166 Å². The molecular weight excluding hydrogens is 414 g/mol. The first-order chi connectivity index (χ1) is 12.9. The third-order valence-electron chi connectivity index (χ3n) is 4.88. The molecule has 1 aliphatic heterocycles. The van der Waals surface area contributed by atoms with Gasteiger partial charge >= 0.3 is 5.97 Å². The third-order valence-corrected chi connectivity index (χ3v) is 5.48. The minimum atomic E-state index is -0.570. The summed E-state index contributed by atoms with van der Waals surface area (Å²) in [5.41, 5.74) is 3.21. The molecule has 3 rings (SSSR count). The van der Waals surface area contributed by atoms with Crippen LogP contribution in [-0.2, 0) is 14.3 Å². The smallest absolute Gasteiger partial charge is 0.336 e. The quantitative estimate of drug-likeness (QED) is 0.701. The molecule has 144 valence electrons. The number of allylic oxidation sites excluding steroid dienone is 3. The Bertz CT molecular complexity index is 871. The highest BCUT2D eigenvalue weighted by Crippen LogP contribution is 2.46. The summed E-state index contributed by atoms with van der Waals surface area (Å²) in [6, 6.07) is 3.38. The van der Waals surface area contributed by atoms with Crippen molar-refractivity contribution in [3.63, 3.8) is 0 Å². The van der Waals surface area contributed by atoms with E-state index >= 15 is 0 Å². The summed E-state index contributed by atoms with van der Waals surface area (Å²) in [5, 5.41) is 13.4. The molecule has 0 aromatic heterocycles. The van der Waals surface area contributed by atoms with E-state index in [1.54, 1.807) is 19.1 Å². The Kier molecular flexibility index (Phi) is 5.60. The van der Waals surface area contributed by atoms with E-state index in [9.17, 15) is 14.7 Å². The maximum Gasteiger partial charge on any atom is 0.336 e. The van der Waals surface area contributed by atoms with Crippen molar-refractivity contribution in [1.82, 2.24) is 5.32 Å². The normalized spacial score (nSPS) is 19.6. The van der Waals surface area contributed by atoms with Gasteiger partial charge in [0.1, 0.15) is 0 Å². The number of hydrogen-bond donors (Lipinski definition) is 2. The zero-order valence-electron chi connectivity index (χ0n) is 15.5. The number of dihydropyridines is 1. The number of Topliss-reactive ketones (excluding diaryl/α,β-unsaturated/α-hetero) is 1. The second-order valence-electron chi connectivity index (χ2n) is 6.54. The molecule has 1 aromatic rings. The second-order valence-corrected chi connectivity index (χ2v) is 7.39. The van der Waals surface area contributed by atoms with Crippen LogP contribution in [0.2, 0.25) is 0 Å². The number of hydrogen-bond acceptors (Lipinski definition) is 6. The fraction of sp³-hybridized carbons (Fsp3) is 0.400. The van der Waals surface area contributed by atoms with Crippen LogP contribution in [0.5, 0.6) is 11.5 Å². The molecule has 1 atom stereocenters. The number of halogens is 1. The van der Waals surface area contributed by atoms with Crippen molar-refractivity contribution in [2.24, 2.45) is 0 Å². The van der Waals surface area contributed by atoms with Gasteiger partial charge in [-0.3, -0.25) is 4.79 Å². The third kappa shape index (κ3) is 3.48. The number of phenols is 1. The topological polar surface area (TPSA) is 84.9 Å². The molecule has 27 heavy (non-hydrogen) atoms. The minimum Gasteiger partial charge on any atom is -0.503 e. The van der Waals surface area contributed by atoms with Crippen LogP contribution in [0.15, 0.2) is 39.1 Å². The van der Waals surface area contributed by atoms with Gasteiger partial charge in [0.05, 0.1) is 23.8 Å². The van der Waals surface area contributed by atoms with Gasteiger partial charge in [-0.15, -0.1) is 0 Å². The molecule has 0 amide bonds. The van der Waals surface area contributed by atoms with E-state index in [0.29, 0.717) is 33.3 Å². The van der Waals surface area contributed by atoms with Gasteiger partial charge in [-0.05, 0) is 60.3 Å². The lowest BCUT2D eigenvalue weighted by Crippen LogP contribution is -2.34. The first kappa shape index (κ1) is 19.5.